The first-order valence-corrected chi connectivity index (χ1v) is 6.28. The van der Waals surface area contributed by atoms with Gasteiger partial charge in [0.2, 0.25) is 5.91 Å². The molecule has 0 saturated heterocycles. The van der Waals surface area contributed by atoms with Crippen molar-refractivity contribution < 1.29 is 4.79 Å². The zero-order chi connectivity index (χ0) is 12.1. The summed E-state index contributed by atoms with van der Waals surface area (Å²) >= 11 is 2.19. The highest BCUT2D eigenvalue weighted by Crippen LogP contribution is 2.16. The van der Waals surface area contributed by atoms with E-state index in [-0.39, 0.29) is 5.91 Å². The minimum Gasteiger partial charge on any atom is -0.325 e. The van der Waals surface area contributed by atoms with E-state index in [0.717, 1.165) is 15.0 Å². The van der Waals surface area contributed by atoms with Crippen LogP contribution in [0.5, 0.6) is 0 Å². The zero-order valence-electron chi connectivity index (χ0n) is 9.06. The van der Waals surface area contributed by atoms with Crippen LogP contribution in [0.1, 0.15) is 5.69 Å². The van der Waals surface area contributed by atoms with Gasteiger partial charge in [-0.2, -0.15) is 0 Å². The summed E-state index contributed by atoms with van der Waals surface area (Å²) in [6.07, 6.45) is 1.99. The van der Waals surface area contributed by atoms with E-state index in [2.05, 4.69) is 32.9 Å². The highest BCUT2D eigenvalue weighted by molar-refractivity contribution is 14.1. The summed E-state index contributed by atoms with van der Waals surface area (Å²) in [6, 6.07) is 13.2. The van der Waals surface area contributed by atoms with E-state index in [4.69, 9.17) is 0 Å². The summed E-state index contributed by atoms with van der Waals surface area (Å²) in [7, 11) is 0. The van der Waals surface area contributed by atoms with Gasteiger partial charge in [0.15, 0.2) is 0 Å². The molecule has 1 amide bonds. The van der Waals surface area contributed by atoms with Crippen LogP contribution in [0.3, 0.4) is 0 Å². The highest BCUT2D eigenvalue weighted by Gasteiger charge is 2.06. The van der Waals surface area contributed by atoms with Crippen molar-refractivity contribution in [2.24, 2.45) is 0 Å². The molecule has 0 bridgehead atoms. The molecule has 3 nitrogen and oxygen atoms in total. The number of anilines is 1. The molecule has 2 rings (SSSR count). The molecule has 0 aliphatic carbocycles. The predicted octanol–water partition coefficient (Wildman–Crippen LogP) is 2.87. The van der Waals surface area contributed by atoms with Crippen LogP contribution in [0.4, 0.5) is 5.69 Å². The fourth-order valence-electron chi connectivity index (χ4n) is 1.42. The molecular formula is C13H11IN2O. The first kappa shape index (κ1) is 12.0. The van der Waals surface area contributed by atoms with Gasteiger partial charge in [-0.3, -0.25) is 9.78 Å². The summed E-state index contributed by atoms with van der Waals surface area (Å²) < 4.78 is 1.03. The van der Waals surface area contributed by atoms with Crippen molar-refractivity contribution in [1.82, 2.24) is 4.98 Å². The lowest BCUT2D eigenvalue weighted by molar-refractivity contribution is -0.115. The molecule has 86 valence electrons. The van der Waals surface area contributed by atoms with E-state index in [1.807, 2.05) is 42.5 Å². The van der Waals surface area contributed by atoms with Crippen LogP contribution >= 0.6 is 22.6 Å². The van der Waals surface area contributed by atoms with Crippen LogP contribution in [-0.4, -0.2) is 10.9 Å². The minimum atomic E-state index is -0.0483. The fourth-order valence-corrected chi connectivity index (χ4v) is 1.95. The van der Waals surface area contributed by atoms with Crippen molar-refractivity contribution in [3.8, 4) is 0 Å². The van der Waals surface area contributed by atoms with Crippen molar-refractivity contribution in [3.05, 3.63) is 57.9 Å². The number of hydrogen-bond donors (Lipinski definition) is 1. The number of nitrogens with zero attached hydrogens (tertiary/aromatic N) is 1. The molecule has 0 spiro atoms. The number of hydrogen-bond acceptors (Lipinski definition) is 2. The van der Waals surface area contributed by atoms with E-state index >= 15 is 0 Å². The van der Waals surface area contributed by atoms with Crippen molar-refractivity contribution in [2.45, 2.75) is 6.42 Å². The third-order valence-electron chi connectivity index (χ3n) is 2.22. The van der Waals surface area contributed by atoms with E-state index in [9.17, 15) is 4.79 Å². The van der Waals surface area contributed by atoms with Gasteiger partial charge in [0.05, 0.1) is 12.1 Å². The Bertz CT molecular complexity index is 514. The maximum atomic E-state index is 11.8. The molecule has 0 aliphatic rings. The van der Waals surface area contributed by atoms with Crippen LogP contribution in [0.25, 0.3) is 0 Å². The Balaban J connectivity index is 2.01. The first-order chi connectivity index (χ1) is 8.25. The topological polar surface area (TPSA) is 42.0 Å². The molecule has 0 atom stereocenters. The molecule has 0 aliphatic heterocycles. The number of halogens is 1. The average molecular weight is 338 g/mol. The van der Waals surface area contributed by atoms with Crippen LogP contribution < -0.4 is 5.32 Å². The van der Waals surface area contributed by atoms with Gasteiger partial charge in [-0.1, -0.05) is 18.2 Å². The Kier molecular flexibility index (Phi) is 4.08. The third-order valence-corrected chi connectivity index (χ3v) is 3.16. The number of para-hydroxylation sites is 1. The zero-order valence-corrected chi connectivity index (χ0v) is 11.2. The van der Waals surface area contributed by atoms with Crippen LogP contribution in [-0.2, 0) is 11.2 Å². The van der Waals surface area contributed by atoms with Gasteiger partial charge in [0.25, 0.3) is 0 Å². The van der Waals surface area contributed by atoms with Gasteiger partial charge in [0, 0.05) is 15.5 Å². The average Bonchev–Trinajstić information content (AvgIpc) is 2.33. The lowest BCUT2D eigenvalue weighted by Gasteiger charge is -2.06. The number of rotatable bonds is 3. The standard InChI is InChI=1S/C13H11IN2O/c14-11-6-1-2-7-12(11)16-13(17)9-10-5-3-4-8-15-10/h1-8H,9H2,(H,16,17). The molecule has 1 N–H and O–H groups in total. The van der Waals surface area contributed by atoms with Gasteiger partial charge in [-0.05, 0) is 46.9 Å². The number of carbonyl (C=O) groups excluding carboxylic acids is 1. The smallest absolute Gasteiger partial charge is 0.230 e. The molecule has 1 aromatic heterocycles. The Labute approximate surface area is 113 Å². The van der Waals surface area contributed by atoms with E-state index in [1.54, 1.807) is 6.20 Å². The van der Waals surface area contributed by atoms with E-state index in [1.165, 1.54) is 0 Å². The Morgan fingerprint density at radius 3 is 2.65 bits per heavy atom. The van der Waals surface area contributed by atoms with Crippen molar-refractivity contribution in [3.63, 3.8) is 0 Å². The fraction of sp³-hybridized carbons (Fsp3) is 0.0769. The molecule has 1 heterocycles. The van der Waals surface area contributed by atoms with Gasteiger partial charge in [-0.25, -0.2) is 0 Å². The highest BCUT2D eigenvalue weighted by atomic mass is 127. The number of nitrogens with one attached hydrogen (secondary N) is 1. The summed E-state index contributed by atoms with van der Waals surface area (Å²) in [5, 5.41) is 2.87. The number of aromatic nitrogens is 1. The summed E-state index contributed by atoms with van der Waals surface area (Å²) in [6.45, 7) is 0. The number of carbonyl (C=O) groups is 1. The lowest BCUT2D eigenvalue weighted by atomic mass is 10.2. The normalized spacial score (nSPS) is 9.94. The van der Waals surface area contributed by atoms with E-state index in [0.29, 0.717) is 6.42 Å². The SMILES string of the molecule is O=C(Cc1ccccn1)Nc1ccccc1I. The third kappa shape index (κ3) is 3.52. The molecule has 0 unspecified atom stereocenters. The van der Waals surface area contributed by atoms with E-state index < -0.39 is 0 Å². The maximum Gasteiger partial charge on any atom is 0.230 e. The van der Waals surface area contributed by atoms with Gasteiger partial charge < -0.3 is 5.32 Å². The second kappa shape index (κ2) is 5.77. The molecule has 1 aromatic carbocycles. The van der Waals surface area contributed by atoms with Crippen molar-refractivity contribution in [1.29, 1.82) is 0 Å². The molecular weight excluding hydrogens is 327 g/mol. The Morgan fingerprint density at radius 2 is 1.94 bits per heavy atom. The van der Waals surface area contributed by atoms with Crippen molar-refractivity contribution >= 4 is 34.2 Å². The molecule has 4 heteroatoms. The molecule has 0 radical (unpaired) electrons. The quantitative estimate of drug-likeness (QED) is 0.875. The summed E-state index contributed by atoms with van der Waals surface area (Å²) in [5.41, 5.74) is 1.62. The minimum absolute atomic E-state index is 0.0483. The molecule has 17 heavy (non-hydrogen) atoms. The van der Waals surface area contributed by atoms with Crippen LogP contribution in [0, 0.1) is 3.57 Å². The monoisotopic (exact) mass is 338 g/mol. The van der Waals surface area contributed by atoms with Crippen LogP contribution in [0.2, 0.25) is 0 Å². The largest absolute Gasteiger partial charge is 0.325 e. The number of amides is 1. The Morgan fingerprint density at radius 1 is 1.18 bits per heavy atom. The predicted molar refractivity (Wildman–Crippen MR) is 75.7 cm³/mol. The summed E-state index contributed by atoms with van der Waals surface area (Å²) in [5.74, 6) is -0.0483. The van der Waals surface area contributed by atoms with Crippen molar-refractivity contribution in [2.75, 3.05) is 5.32 Å². The first-order valence-electron chi connectivity index (χ1n) is 5.20. The van der Waals surface area contributed by atoms with Crippen LogP contribution in [0.15, 0.2) is 48.7 Å². The molecule has 2 aromatic rings. The summed E-state index contributed by atoms with van der Waals surface area (Å²) in [4.78, 5) is 15.9. The maximum absolute atomic E-state index is 11.8. The van der Waals surface area contributed by atoms with Gasteiger partial charge >= 0.3 is 0 Å². The van der Waals surface area contributed by atoms with Gasteiger partial charge in [-0.15, -0.1) is 0 Å². The number of pyridine rings is 1. The van der Waals surface area contributed by atoms with Gasteiger partial charge in [0.1, 0.15) is 0 Å². The second-order valence-corrected chi connectivity index (χ2v) is 4.69. The second-order valence-electron chi connectivity index (χ2n) is 3.53. The number of benzene rings is 1. The Hall–Kier alpha value is -1.43. The molecule has 0 saturated carbocycles. The lowest BCUT2D eigenvalue weighted by Crippen LogP contribution is -2.15. The molecule has 0 fully saturated rings.